The molecule has 0 spiro atoms. The Morgan fingerprint density at radius 2 is 2.06 bits per heavy atom. The quantitative estimate of drug-likeness (QED) is 0.840. The molecule has 1 aromatic rings. The first-order valence-electron chi connectivity index (χ1n) is 5.43. The van der Waals surface area contributed by atoms with Gasteiger partial charge in [-0.3, -0.25) is 0 Å². The minimum atomic E-state index is -3.65. The van der Waals surface area contributed by atoms with Gasteiger partial charge in [0.1, 0.15) is 0 Å². The van der Waals surface area contributed by atoms with E-state index in [1.54, 1.807) is 0 Å². The summed E-state index contributed by atoms with van der Waals surface area (Å²) in [6.07, 6.45) is -0.981. The minimum Gasteiger partial charge on any atom is -0.391 e. The number of hydrogen-bond donors (Lipinski definition) is 2. The van der Waals surface area contributed by atoms with Gasteiger partial charge in [-0.1, -0.05) is 30.1 Å². The molecule has 0 heterocycles. The summed E-state index contributed by atoms with van der Waals surface area (Å²) in [6, 6.07) is 4.23. The van der Waals surface area contributed by atoms with Gasteiger partial charge in [-0.2, -0.15) is 0 Å². The standard InChI is InChI=1S/C11H15Cl2NO3S/c1-2-14-6-9(15)7-18(16,17)11-5-8(12)3-4-10(11)13/h3-5,9,14-15H,2,6-7H2,1H3. The Labute approximate surface area is 117 Å². The number of aliphatic hydroxyl groups is 1. The summed E-state index contributed by atoms with van der Waals surface area (Å²) in [5, 5.41) is 12.9. The number of sulfone groups is 1. The van der Waals surface area contributed by atoms with Gasteiger partial charge in [-0.25, -0.2) is 8.42 Å². The molecule has 1 unspecified atom stereocenters. The fourth-order valence-corrected chi connectivity index (χ4v) is 3.61. The Balaban J connectivity index is 2.89. The van der Waals surface area contributed by atoms with Crippen LogP contribution >= 0.6 is 23.2 Å². The Morgan fingerprint density at radius 3 is 2.67 bits per heavy atom. The largest absolute Gasteiger partial charge is 0.391 e. The highest BCUT2D eigenvalue weighted by Crippen LogP contribution is 2.26. The van der Waals surface area contributed by atoms with Gasteiger partial charge in [-0.15, -0.1) is 0 Å². The van der Waals surface area contributed by atoms with Crippen LogP contribution < -0.4 is 5.32 Å². The smallest absolute Gasteiger partial charge is 0.182 e. The van der Waals surface area contributed by atoms with Crippen LogP contribution in [0.1, 0.15) is 6.92 Å². The molecule has 2 N–H and O–H groups in total. The van der Waals surface area contributed by atoms with Crippen LogP contribution in [0.4, 0.5) is 0 Å². The number of halogens is 2. The molecule has 0 saturated carbocycles. The lowest BCUT2D eigenvalue weighted by molar-refractivity contribution is 0.194. The molecule has 0 amide bonds. The third-order valence-electron chi connectivity index (χ3n) is 2.27. The zero-order valence-electron chi connectivity index (χ0n) is 9.86. The summed E-state index contributed by atoms with van der Waals surface area (Å²) in [7, 11) is -3.65. The van der Waals surface area contributed by atoms with Gasteiger partial charge in [-0.05, 0) is 24.7 Å². The second-order valence-corrected chi connectivity index (χ2v) is 6.66. The van der Waals surface area contributed by atoms with Gasteiger partial charge in [0.05, 0.1) is 21.8 Å². The fourth-order valence-electron chi connectivity index (χ4n) is 1.43. The molecule has 0 bridgehead atoms. The number of likely N-dealkylation sites (N-methyl/N-ethyl adjacent to an activating group) is 1. The average molecular weight is 312 g/mol. The normalized spacial score (nSPS) is 13.6. The van der Waals surface area contributed by atoms with E-state index in [2.05, 4.69) is 5.32 Å². The zero-order chi connectivity index (χ0) is 13.8. The predicted octanol–water partition coefficient (Wildman–Crippen LogP) is 1.74. The Kier molecular flexibility index (Phi) is 5.88. The molecule has 0 saturated heterocycles. The maximum atomic E-state index is 12.0. The predicted molar refractivity (Wildman–Crippen MR) is 73.1 cm³/mol. The zero-order valence-corrected chi connectivity index (χ0v) is 12.2. The van der Waals surface area contributed by atoms with Crippen molar-refractivity contribution in [3.63, 3.8) is 0 Å². The number of nitrogens with one attached hydrogen (secondary N) is 1. The molecule has 1 atom stereocenters. The van der Waals surface area contributed by atoms with Crippen LogP contribution in [0.25, 0.3) is 0 Å². The van der Waals surface area contributed by atoms with Gasteiger partial charge in [0.2, 0.25) is 0 Å². The fraction of sp³-hybridized carbons (Fsp3) is 0.455. The lowest BCUT2D eigenvalue weighted by Crippen LogP contribution is -2.32. The summed E-state index contributed by atoms with van der Waals surface area (Å²) in [5.41, 5.74) is 0. The Hall–Kier alpha value is -0.330. The molecule has 0 aliphatic heterocycles. The summed E-state index contributed by atoms with van der Waals surface area (Å²) in [6.45, 7) is 2.75. The van der Waals surface area contributed by atoms with Crippen LogP contribution in [0, 0.1) is 0 Å². The van der Waals surface area contributed by atoms with Crippen LogP contribution in [0.5, 0.6) is 0 Å². The minimum absolute atomic E-state index is 0.0489. The number of hydrogen-bond acceptors (Lipinski definition) is 4. The second-order valence-electron chi connectivity index (χ2n) is 3.82. The van der Waals surface area contributed by atoms with Gasteiger partial charge < -0.3 is 10.4 Å². The lowest BCUT2D eigenvalue weighted by Gasteiger charge is -2.12. The van der Waals surface area contributed by atoms with Gasteiger partial charge >= 0.3 is 0 Å². The maximum Gasteiger partial charge on any atom is 0.182 e. The maximum absolute atomic E-state index is 12.0. The SMILES string of the molecule is CCNCC(O)CS(=O)(=O)c1cc(Cl)ccc1Cl. The van der Waals surface area contributed by atoms with Crippen molar-refractivity contribution in [3.8, 4) is 0 Å². The van der Waals surface area contributed by atoms with Gasteiger partial charge in [0.25, 0.3) is 0 Å². The van der Waals surface area contributed by atoms with Crippen LogP contribution in [-0.2, 0) is 9.84 Å². The van der Waals surface area contributed by atoms with E-state index in [0.29, 0.717) is 11.6 Å². The molecule has 0 fully saturated rings. The van der Waals surface area contributed by atoms with E-state index in [-0.39, 0.29) is 22.2 Å². The van der Waals surface area contributed by atoms with Gasteiger partial charge in [0, 0.05) is 11.6 Å². The van der Waals surface area contributed by atoms with Crippen molar-refractivity contribution in [2.45, 2.75) is 17.9 Å². The molecule has 0 aliphatic rings. The van der Waals surface area contributed by atoms with E-state index < -0.39 is 15.9 Å². The molecular weight excluding hydrogens is 297 g/mol. The molecule has 0 aromatic heterocycles. The highest BCUT2D eigenvalue weighted by molar-refractivity contribution is 7.91. The van der Waals surface area contributed by atoms with E-state index in [4.69, 9.17) is 23.2 Å². The molecule has 0 radical (unpaired) electrons. The Morgan fingerprint density at radius 1 is 1.39 bits per heavy atom. The summed E-state index contributed by atoms with van der Waals surface area (Å²) in [5.74, 6) is -0.389. The van der Waals surface area contributed by atoms with Crippen LogP contribution in [0.3, 0.4) is 0 Å². The van der Waals surface area contributed by atoms with Crippen molar-refractivity contribution in [2.24, 2.45) is 0 Å². The van der Waals surface area contributed by atoms with E-state index in [9.17, 15) is 13.5 Å². The summed E-state index contributed by atoms with van der Waals surface area (Å²) in [4.78, 5) is -0.0489. The molecule has 1 aromatic carbocycles. The summed E-state index contributed by atoms with van der Waals surface area (Å²) >= 11 is 11.6. The average Bonchev–Trinajstić information content (AvgIpc) is 2.29. The van der Waals surface area contributed by atoms with Crippen molar-refractivity contribution in [2.75, 3.05) is 18.8 Å². The third-order valence-corrected chi connectivity index (χ3v) is 4.78. The molecule has 0 aliphatic carbocycles. The van der Waals surface area contributed by atoms with Crippen LogP contribution in [0.15, 0.2) is 23.1 Å². The van der Waals surface area contributed by atoms with E-state index in [1.165, 1.54) is 18.2 Å². The molecule has 7 heteroatoms. The molecular formula is C11H15Cl2NO3S. The number of benzene rings is 1. The lowest BCUT2D eigenvalue weighted by atomic mass is 10.4. The Bertz CT molecular complexity index is 505. The molecule has 18 heavy (non-hydrogen) atoms. The first kappa shape index (κ1) is 15.7. The number of aliphatic hydroxyl groups excluding tert-OH is 1. The third kappa shape index (κ3) is 4.40. The first-order valence-corrected chi connectivity index (χ1v) is 7.84. The molecule has 1 rings (SSSR count). The molecule has 102 valence electrons. The van der Waals surface area contributed by atoms with Crippen molar-refractivity contribution in [3.05, 3.63) is 28.2 Å². The van der Waals surface area contributed by atoms with E-state index >= 15 is 0 Å². The monoisotopic (exact) mass is 311 g/mol. The van der Waals surface area contributed by atoms with Crippen molar-refractivity contribution < 1.29 is 13.5 Å². The van der Waals surface area contributed by atoms with Crippen molar-refractivity contribution in [1.82, 2.24) is 5.32 Å². The first-order chi connectivity index (χ1) is 8.36. The second kappa shape index (κ2) is 6.73. The number of rotatable bonds is 6. The van der Waals surface area contributed by atoms with Crippen LogP contribution in [0.2, 0.25) is 10.0 Å². The van der Waals surface area contributed by atoms with E-state index in [1.807, 2.05) is 6.92 Å². The van der Waals surface area contributed by atoms with E-state index in [0.717, 1.165) is 0 Å². The van der Waals surface area contributed by atoms with Crippen molar-refractivity contribution in [1.29, 1.82) is 0 Å². The van der Waals surface area contributed by atoms with Crippen molar-refractivity contribution >= 4 is 33.0 Å². The van der Waals surface area contributed by atoms with Crippen LogP contribution in [-0.4, -0.2) is 38.5 Å². The highest BCUT2D eigenvalue weighted by atomic mass is 35.5. The summed E-state index contributed by atoms with van der Waals surface area (Å²) < 4.78 is 24.1. The highest BCUT2D eigenvalue weighted by Gasteiger charge is 2.22. The topological polar surface area (TPSA) is 66.4 Å². The molecule has 4 nitrogen and oxygen atoms in total. The van der Waals surface area contributed by atoms with Gasteiger partial charge in [0.15, 0.2) is 9.84 Å².